The largest absolute Gasteiger partial charge is 0.480 e. The van der Waals surface area contributed by atoms with Gasteiger partial charge in [-0.15, -0.1) is 0 Å². The number of halogens is 1. The summed E-state index contributed by atoms with van der Waals surface area (Å²) < 4.78 is 13.1. The van der Waals surface area contributed by atoms with Crippen LogP contribution in [0.4, 0.5) is 10.1 Å². The first-order chi connectivity index (χ1) is 7.97. The predicted molar refractivity (Wildman–Crippen MR) is 60.0 cm³/mol. The van der Waals surface area contributed by atoms with Crippen LogP contribution in [0.2, 0.25) is 0 Å². The summed E-state index contributed by atoms with van der Waals surface area (Å²) in [5, 5.41) is 11.0. The highest BCUT2D eigenvalue weighted by atomic mass is 19.1. The van der Waals surface area contributed by atoms with E-state index < -0.39 is 23.7 Å². The molecular formula is C11H13FN2O3. The Morgan fingerprint density at radius 1 is 1.53 bits per heavy atom. The van der Waals surface area contributed by atoms with Crippen molar-refractivity contribution in [2.24, 2.45) is 0 Å². The molecule has 6 heteroatoms. The van der Waals surface area contributed by atoms with Crippen molar-refractivity contribution in [1.82, 2.24) is 5.32 Å². The second kappa shape index (κ2) is 5.29. The normalized spacial score (nSPS) is 11.9. The standard InChI is InChI=1S/C11H13FN2O3/c1-2-8(11(16)17)14-10(15)6-4-3-5-7(12)9(6)13/h3-5,8H,2,13H2,1H3,(H,14,15)(H,16,17)/t8-/m1/s1. The summed E-state index contributed by atoms with van der Waals surface area (Å²) in [6, 6.07) is 2.79. The monoisotopic (exact) mass is 240 g/mol. The van der Waals surface area contributed by atoms with Crippen LogP contribution in [0, 0.1) is 5.82 Å². The summed E-state index contributed by atoms with van der Waals surface area (Å²) in [6.07, 6.45) is 0.232. The number of carboxylic acids is 1. The quantitative estimate of drug-likeness (QED) is 0.684. The number of carbonyl (C=O) groups is 2. The first-order valence-corrected chi connectivity index (χ1v) is 5.05. The van der Waals surface area contributed by atoms with Crippen LogP contribution in [0.1, 0.15) is 23.7 Å². The lowest BCUT2D eigenvalue weighted by molar-refractivity contribution is -0.139. The van der Waals surface area contributed by atoms with Crippen molar-refractivity contribution in [3.05, 3.63) is 29.6 Å². The van der Waals surface area contributed by atoms with Gasteiger partial charge in [-0.1, -0.05) is 13.0 Å². The van der Waals surface area contributed by atoms with E-state index in [1.807, 2.05) is 0 Å². The second-order valence-electron chi connectivity index (χ2n) is 3.47. The minimum Gasteiger partial charge on any atom is -0.480 e. The zero-order valence-electron chi connectivity index (χ0n) is 9.24. The van der Waals surface area contributed by atoms with E-state index in [-0.39, 0.29) is 17.7 Å². The Bertz CT molecular complexity index is 448. The summed E-state index contributed by atoms with van der Waals surface area (Å²) in [6.45, 7) is 1.62. The molecule has 5 nitrogen and oxygen atoms in total. The van der Waals surface area contributed by atoms with Crippen molar-refractivity contribution in [2.75, 3.05) is 5.73 Å². The number of nitrogens with two attached hydrogens (primary N) is 1. The number of nitrogen functional groups attached to an aromatic ring is 1. The van der Waals surface area contributed by atoms with Gasteiger partial charge in [0.25, 0.3) is 5.91 Å². The van der Waals surface area contributed by atoms with Gasteiger partial charge in [-0.25, -0.2) is 9.18 Å². The lowest BCUT2D eigenvalue weighted by atomic mass is 10.1. The molecule has 0 saturated heterocycles. The van der Waals surface area contributed by atoms with E-state index in [0.29, 0.717) is 0 Å². The number of hydrogen-bond donors (Lipinski definition) is 3. The van der Waals surface area contributed by atoms with Gasteiger partial charge in [0, 0.05) is 0 Å². The molecule has 0 spiro atoms. The summed E-state index contributed by atoms with van der Waals surface area (Å²) in [5.41, 5.74) is 5.04. The molecule has 0 aromatic heterocycles. The average molecular weight is 240 g/mol. The molecule has 1 aromatic carbocycles. The lowest BCUT2D eigenvalue weighted by Crippen LogP contribution is -2.40. The van der Waals surface area contributed by atoms with Crippen LogP contribution in [0.15, 0.2) is 18.2 Å². The Morgan fingerprint density at radius 2 is 2.18 bits per heavy atom. The Morgan fingerprint density at radius 3 is 2.71 bits per heavy atom. The van der Waals surface area contributed by atoms with Crippen molar-refractivity contribution >= 4 is 17.6 Å². The Balaban J connectivity index is 2.90. The molecule has 1 rings (SSSR count). The van der Waals surface area contributed by atoms with Crippen molar-refractivity contribution in [3.8, 4) is 0 Å². The van der Waals surface area contributed by atoms with Gasteiger partial charge in [-0.05, 0) is 18.6 Å². The smallest absolute Gasteiger partial charge is 0.326 e. The summed E-state index contributed by atoms with van der Waals surface area (Å²) in [4.78, 5) is 22.4. The van der Waals surface area contributed by atoms with Crippen LogP contribution >= 0.6 is 0 Å². The number of hydrogen-bond acceptors (Lipinski definition) is 3. The Labute approximate surface area is 97.4 Å². The van der Waals surface area contributed by atoms with Crippen LogP contribution in [-0.2, 0) is 4.79 Å². The molecule has 0 radical (unpaired) electrons. The number of amides is 1. The van der Waals surface area contributed by atoms with Crippen LogP contribution in [0.25, 0.3) is 0 Å². The fourth-order valence-corrected chi connectivity index (χ4v) is 1.31. The molecule has 0 saturated carbocycles. The van der Waals surface area contributed by atoms with Crippen LogP contribution in [0.3, 0.4) is 0 Å². The molecule has 0 bridgehead atoms. The van der Waals surface area contributed by atoms with E-state index in [1.165, 1.54) is 12.1 Å². The molecule has 0 unspecified atom stereocenters. The highest BCUT2D eigenvalue weighted by Crippen LogP contribution is 2.15. The molecule has 92 valence electrons. The van der Waals surface area contributed by atoms with Crippen LogP contribution in [-0.4, -0.2) is 23.0 Å². The first kappa shape index (κ1) is 13.0. The molecular weight excluding hydrogens is 227 g/mol. The number of aliphatic carboxylic acids is 1. The molecule has 0 aliphatic heterocycles. The van der Waals surface area contributed by atoms with E-state index in [2.05, 4.69) is 5.32 Å². The molecule has 0 fully saturated rings. The SMILES string of the molecule is CC[C@@H](NC(=O)c1cccc(F)c1N)C(=O)O. The second-order valence-corrected chi connectivity index (χ2v) is 3.47. The Kier molecular flexibility index (Phi) is 4.03. The molecule has 4 N–H and O–H groups in total. The minimum atomic E-state index is -1.14. The van der Waals surface area contributed by atoms with Crippen molar-refractivity contribution in [2.45, 2.75) is 19.4 Å². The highest BCUT2D eigenvalue weighted by molar-refractivity contribution is 6.00. The maximum Gasteiger partial charge on any atom is 0.326 e. The Hall–Kier alpha value is -2.11. The summed E-state index contributed by atoms with van der Waals surface area (Å²) >= 11 is 0. The predicted octanol–water partition coefficient (Wildman–Crippen LogP) is 1.00. The van der Waals surface area contributed by atoms with Gasteiger partial charge in [-0.2, -0.15) is 0 Å². The number of benzene rings is 1. The van der Waals surface area contributed by atoms with Gasteiger partial charge in [-0.3, -0.25) is 4.79 Å². The third-order valence-electron chi connectivity index (χ3n) is 2.31. The molecule has 1 aromatic rings. The van der Waals surface area contributed by atoms with Gasteiger partial charge in [0.15, 0.2) is 0 Å². The summed E-state index contributed by atoms with van der Waals surface area (Å²) in [5.74, 6) is -2.55. The number of para-hydroxylation sites is 1. The van der Waals surface area contributed by atoms with E-state index in [0.717, 1.165) is 6.07 Å². The first-order valence-electron chi connectivity index (χ1n) is 5.05. The third kappa shape index (κ3) is 2.93. The van der Waals surface area contributed by atoms with Crippen LogP contribution < -0.4 is 11.1 Å². The number of nitrogens with one attached hydrogen (secondary N) is 1. The van der Waals surface area contributed by atoms with Gasteiger partial charge < -0.3 is 16.2 Å². The molecule has 1 amide bonds. The molecule has 0 aliphatic carbocycles. The molecule has 17 heavy (non-hydrogen) atoms. The number of rotatable bonds is 4. The lowest BCUT2D eigenvalue weighted by Gasteiger charge is -2.13. The number of anilines is 1. The molecule has 0 aliphatic rings. The molecule has 0 heterocycles. The van der Waals surface area contributed by atoms with E-state index in [1.54, 1.807) is 6.92 Å². The third-order valence-corrected chi connectivity index (χ3v) is 2.31. The van der Waals surface area contributed by atoms with Crippen molar-refractivity contribution in [3.63, 3.8) is 0 Å². The fraction of sp³-hybridized carbons (Fsp3) is 0.273. The topological polar surface area (TPSA) is 92.4 Å². The maximum absolute atomic E-state index is 13.1. The van der Waals surface area contributed by atoms with E-state index in [4.69, 9.17) is 10.8 Å². The van der Waals surface area contributed by atoms with Crippen molar-refractivity contribution in [1.29, 1.82) is 0 Å². The maximum atomic E-state index is 13.1. The van der Waals surface area contributed by atoms with Gasteiger partial charge in [0.2, 0.25) is 0 Å². The highest BCUT2D eigenvalue weighted by Gasteiger charge is 2.20. The van der Waals surface area contributed by atoms with Gasteiger partial charge >= 0.3 is 5.97 Å². The van der Waals surface area contributed by atoms with Gasteiger partial charge in [0.1, 0.15) is 11.9 Å². The average Bonchev–Trinajstić information content (AvgIpc) is 2.28. The zero-order chi connectivity index (χ0) is 13.0. The number of carbonyl (C=O) groups excluding carboxylic acids is 1. The van der Waals surface area contributed by atoms with Crippen LogP contribution in [0.5, 0.6) is 0 Å². The summed E-state index contributed by atoms with van der Waals surface area (Å²) in [7, 11) is 0. The van der Waals surface area contributed by atoms with Gasteiger partial charge in [0.05, 0.1) is 11.3 Å². The number of carboxylic acid groups (broad SMARTS) is 1. The fourth-order valence-electron chi connectivity index (χ4n) is 1.31. The zero-order valence-corrected chi connectivity index (χ0v) is 9.24. The minimum absolute atomic E-state index is 0.0651. The van der Waals surface area contributed by atoms with E-state index in [9.17, 15) is 14.0 Å². The van der Waals surface area contributed by atoms with E-state index >= 15 is 0 Å². The van der Waals surface area contributed by atoms with Crippen molar-refractivity contribution < 1.29 is 19.1 Å². The molecule has 1 atom stereocenters.